The molecule has 3 heterocycles. The van der Waals surface area contributed by atoms with Crippen molar-refractivity contribution in [2.45, 2.75) is 39.2 Å². The van der Waals surface area contributed by atoms with Crippen molar-refractivity contribution in [3.05, 3.63) is 58.4 Å². The molecular formula is C23H25N3O2. The van der Waals surface area contributed by atoms with Crippen LogP contribution >= 0.6 is 0 Å². The summed E-state index contributed by atoms with van der Waals surface area (Å²) in [5.41, 5.74) is 6.09. The molecule has 144 valence electrons. The lowest BCUT2D eigenvalue weighted by Crippen LogP contribution is -2.42. The molecule has 0 radical (unpaired) electrons. The quantitative estimate of drug-likeness (QED) is 0.677. The van der Waals surface area contributed by atoms with Crippen LogP contribution in [0.25, 0.3) is 11.0 Å². The topological polar surface area (TPSA) is 47.4 Å². The van der Waals surface area contributed by atoms with Crippen LogP contribution < -0.4 is 4.74 Å². The lowest BCUT2D eigenvalue weighted by Gasteiger charge is -2.33. The van der Waals surface area contributed by atoms with Gasteiger partial charge in [0.1, 0.15) is 17.4 Å². The maximum Gasteiger partial charge on any atom is 0.254 e. The highest BCUT2D eigenvalue weighted by atomic mass is 16.5. The van der Waals surface area contributed by atoms with Crippen molar-refractivity contribution in [3.63, 3.8) is 0 Å². The van der Waals surface area contributed by atoms with Crippen LogP contribution in [-0.2, 0) is 13.5 Å². The summed E-state index contributed by atoms with van der Waals surface area (Å²) in [5, 5.41) is 0. The molecule has 1 unspecified atom stereocenters. The highest BCUT2D eigenvalue weighted by molar-refractivity contribution is 6.02. The molecule has 1 atom stereocenters. The van der Waals surface area contributed by atoms with Crippen LogP contribution in [0.4, 0.5) is 0 Å². The van der Waals surface area contributed by atoms with Crippen LogP contribution in [0.2, 0.25) is 0 Å². The molecule has 0 aliphatic carbocycles. The Labute approximate surface area is 164 Å². The number of amides is 1. The summed E-state index contributed by atoms with van der Waals surface area (Å²) < 4.78 is 8.60. The van der Waals surface area contributed by atoms with Gasteiger partial charge in [-0.3, -0.25) is 4.79 Å². The maximum atomic E-state index is 13.1. The van der Waals surface area contributed by atoms with Crippen molar-refractivity contribution in [2.75, 3.05) is 13.1 Å². The first-order chi connectivity index (χ1) is 13.5. The summed E-state index contributed by atoms with van der Waals surface area (Å²) in [6, 6.07) is 10.4. The SMILES string of the molecule is Cc1ccccc1C1CCc2c(C(=O)N3CCC3)cc3c(nc(C)n3C)c2O1. The van der Waals surface area contributed by atoms with Crippen molar-refractivity contribution in [1.29, 1.82) is 0 Å². The Balaban J connectivity index is 1.66. The van der Waals surface area contributed by atoms with Crippen molar-refractivity contribution in [1.82, 2.24) is 14.5 Å². The summed E-state index contributed by atoms with van der Waals surface area (Å²) in [6.07, 6.45) is 2.78. The average molecular weight is 375 g/mol. The minimum atomic E-state index is -0.00595. The predicted molar refractivity (Wildman–Crippen MR) is 109 cm³/mol. The molecule has 1 fully saturated rings. The van der Waals surface area contributed by atoms with Gasteiger partial charge in [-0.25, -0.2) is 4.98 Å². The number of aryl methyl sites for hydroxylation is 3. The fourth-order valence-corrected chi connectivity index (χ4v) is 4.35. The van der Waals surface area contributed by atoms with E-state index in [2.05, 4.69) is 31.2 Å². The molecular weight excluding hydrogens is 350 g/mol. The first-order valence-electron chi connectivity index (χ1n) is 10.0. The summed E-state index contributed by atoms with van der Waals surface area (Å²) in [7, 11) is 2.00. The monoisotopic (exact) mass is 375 g/mol. The third-order valence-corrected chi connectivity index (χ3v) is 6.28. The summed E-state index contributed by atoms with van der Waals surface area (Å²) >= 11 is 0. The van der Waals surface area contributed by atoms with Gasteiger partial charge in [-0.2, -0.15) is 0 Å². The molecule has 0 saturated carbocycles. The zero-order chi connectivity index (χ0) is 19.4. The Bertz CT molecular complexity index is 1090. The average Bonchev–Trinajstić information content (AvgIpc) is 2.94. The molecule has 5 rings (SSSR count). The van der Waals surface area contributed by atoms with Crippen LogP contribution in [-0.4, -0.2) is 33.4 Å². The lowest BCUT2D eigenvalue weighted by molar-refractivity contribution is 0.0648. The molecule has 2 aromatic carbocycles. The van der Waals surface area contributed by atoms with E-state index in [0.717, 1.165) is 66.1 Å². The van der Waals surface area contributed by atoms with Gasteiger partial charge < -0.3 is 14.2 Å². The lowest BCUT2D eigenvalue weighted by atomic mass is 9.91. The highest BCUT2D eigenvalue weighted by Crippen LogP contribution is 2.42. The molecule has 28 heavy (non-hydrogen) atoms. The van der Waals surface area contributed by atoms with Crippen LogP contribution in [0.3, 0.4) is 0 Å². The standard InChI is InChI=1S/C23H25N3O2/c1-14-7-4-5-8-16(14)20-10-9-17-18(23(27)26-11-6-12-26)13-19-21(22(17)28-20)24-15(2)25(19)3/h4-5,7-8,13,20H,6,9-12H2,1-3H3. The van der Waals surface area contributed by atoms with E-state index in [9.17, 15) is 4.79 Å². The predicted octanol–water partition coefficient (Wildman–Crippen LogP) is 4.10. The van der Waals surface area contributed by atoms with Crippen molar-refractivity contribution >= 4 is 16.9 Å². The number of hydrogen-bond acceptors (Lipinski definition) is 3. The second kappa shape index (κ2) is 6.36. The van der Waals surface area contributed by atoms with Gasteiger partial charge in [0, 0.05) is 31.3 Å². The molecule has 0 bridgehead atoms. The summed E-state index contributed by atoms with van der Waals surface area (Å²) in [6.45, 7) is 5.81. The van der Waals surface area contributed by atoms with E-state index in [0.29, 0.717) is 0 Å². The van der Waals surface area contributed by atoms with Gasteiger partial charge in [0.05, 0.1) is 5.52 Å². The first kappa shape index (κ1) is 17.3. The van der Waals surface area contributed by atoms with E-state index in [1.54, 1.807) is 0 Å². The molecule has 2 aliphatic heterocycles. The number of carbonyl (C=O) groups is 1. The molecule has 1 aromatic heterocycles. The van der Waals surface area contributed by atoms with E-state index in [4.69, 9.17) is 9.72 Å². The van der Waals surface area contributed by atoms with Gasteiger partial charge in [-0.15, -0.1) is 0 Å². The summed E-state index contributed by atoms with van der Waals surface area (Å²) in [4.78, 5) is 19.8. The first-order valence-corrected chi connectivity index (χ1v) is 10.0. The van der Waals surface area contributed by atoms with Crippen LogP contribution in [0, 0.1) is 13.8 Å². The van der Waals surface area contributed by atoms with Gasteiger partial charge in [-0.1, -0.05) is 24.3 Å². The Hall–Kier alpha value is -2.82. The molecule has 0 spiro atoms. The van der Waals surface area contributed by atoms with Crippen LogP contribution in [0.5, 0.6) is 5.75 Å². The van der Waals surface area contributed by atoms with E-state index >= 15 is 0 Å². The number of fused-ring (bicyclic) bond motifs is 3. The van der Waals surface area contributed by atoms with Gasteiger partial charge in [-0.05, 0) is 50.3 Å². The minimum absolute atomic E-state index is 0.00595. The van der Waals surface area contributed by atoms with Crippen molar-refractivity contribution in [2.24, 2.45) is 7.05 Å². The number of hydrogen-bond donors (Lipinski definition) is 0. The maximum absolute atomic E-state index is 13.1. The number of likely N-dealkylation sites (tertiary alicyclic amines) is 1. The van der Waals surface area contributed by atoms with Crippen LogP contribution in [0.15, 0.2) is 30.3 Å². The third-order valence-electron chi connectivity index (χ3n) is 6.28. The van der Waals surface area contributed by atoms with E-state index in [1.165, 1.54) is 11.1 Å². The number of imidazole rings is 1. The minimum Gasteiger partial charge on any atom is -0.483 e. The molecule has 5 nitrogen and oxygen atoms in total. The Morgan fingerprint density at radius 1 is 1.21 bits per heavy atom. The summed E-state index contributed by atoms with van der Waals surface area (Å²) in [5.74, 6) is 1.85. The van der Waals surface area contributed by atoms with Crippen molar-refractivity contribution < 1.29 is 9.53 Å². The van der Waals surface area contributed by atoms with Gasteiger partial charge in [0.2, 0.25) is 0 Å². The third kappa shape index (κ3) is 2.53. The largest absolute Gasteiger partial charge is 0.483 e. The molecule has 5 heteroatoms. The van der Waals surface area contributed by atoms with Crippen LogP contribution in [0.1, 0.15) is 51.8 Å². The number of rotatable bonds is 2. The zero-order valence-electron chi connectivity index (χ0n) is 16.7. The fourth-order valence-electron chi connectivity index (χ4n) is 4.35. The van der Waals surface area contributed by atoms with Gasteiger partial charge >= 0.3 is 0 Å². The number of ether oxygens (including phenoxy) is 1. The Morgan fingerprint density at radius 3 is 2.71 bits per heavy atom. The number of benzene rings is 2. The number of aromatic nitrogens is 2. The molecule has 0 N–H and O–H groups in total. The Kier molecular flexibility index (Phi) is 3.93. The smallest absolute Gasteiger partial charge is 0.254 e. The van der Waals surface area contributed by atoms with E-state index in [1.807, 2.05) is 29.5 Å². The molecule has 2 aliphatic rings. The second-order valence-electron chi connectivity index (χ2n) is 7.97. The normalized spacial score (nSPS) is 18.5. The van der Waals surface area contributed by atoms with Crippen molar-refractivity contribution in [3.8, 4) is 5.75 Å². The molecule has 1 saturated heterocycles. The molecule has 3 aromatic rings. The molecule has 1 amide bonds. The van der Waals surface area contributed by atoms with Gasteiger partial charge in [0.25, 0.3) is 5.91 Å². The number of carbonyl (C=O) groups excluding carboxylic acids is 1. The zero-order valence-corrected chi connectivity index (χ0v) is 16.7. The van der Waals surface area contributed by atoms with E-state index < -0.39 is 0 Å². The van der Waals surface area contributed by atoms with E-state index in [-0.39, 0.29) is 12.0 Å². The highest BCUT2D eigenvalue weighted by Gasteiger charge is 2.32. The second-order valence-corrected chi connectivity index (χ2v) is 7.97. The number of nitrogens with zero attached hydrogens (tertiary/aromatic N) is 3. The fraction of sp³-hybridized carbons (Fsp3) is 0.391. The van der Waals surface area contributed by atoms with Gasteiger partial charge in [0.15, 0.2) is 5.75 Å². The Morgan fingerprint density at radius 2 is 2.00 bits per heavy atom.